The molecule has 1 spiro atoms. The Kier molecular flexibility index (Phi) is 10.1. The highest BCUT2D eigenvalue weighted by molar-refractivity contribution is 5.96. The zero-order valence-corrected chi connectivity index (χ0v) is 36.9. The number of halogens is 2. The molecule has 6 aliphatic rings. The molecule has 0 radical (unpaired) electrons. The van der Waals surface area contributed by atoms with Gasteiger partial charge in [-0.25, -0.2) is 13.6 Å². The molecule has 3 fully saturated rings. The van der Waals surface area contributed by atoms with E-state index >= 15 is 13.6 Å². The number of H-pyrrole nitrogens is 1. The summed E-state index contributed by atoms with van der Waals surface area (Å²) in [5.74, 6) is -5.97. The van der Waals surface area contributed by atoms with E-state index in [0.29, 0.717) is 68.1 Å². The number of aromatic nitrogens is 1. The topological polar surface area (TPSA) is 146 Å². The third kappa shape index (κ3) is 5.61. The Morgan fingerprint density at radius 3 is 2.45 bits per heavy atom. The molecule has 2 bridgehead atoms. The van der Waals surface area contributed by atoms with Crippen molar-refractivity contribution in [2.24, 2.45) is 17.3 Å². The number of likely N-dealkylation sites (N-methyl/N-ethyl adjacent to an activating group) is 1. The van der Waals surface area contributed by atoms with E-state index in [2.05, 4.69) is 26.2 Å². The van der Waals surface area contributed by atoms with Crippen molar-refractivity contribution in [2.75, 3.05) is 78.4 Å². The number of methoxy groups -OCH3 is 3. The highest BCUT2D eigenvalue weighted by atomic mass is 19.3. The molecule has 6 unspecified atom stereocenters. The molecular formula is C47H59F2N5O8. The first-order valence-electron chi connectivity index (χ1n) is 21.9. The minimum atomic E-state index is -2.94. The molecular weight excluding hydrogens is 801 g/mol. The molecule has 15 heteroatoms. The molecule has 1 aromatic heterocycles. The van der Waals surface area contributed by atoms with E-state index in [4.69, 9.17) is 18.9 Å². The van der Waals surface area contributed by atoms with Gasteiger partial charge in [-0.15, -0.1) is 0 Å². The maximum absolute atomic E-state index is 15.4. The van der Waals surface area contributed by atoms with Gasteiger partial charge in [0.2, 0.25) is 11.5 Å². The van der Waals surface area contributed by atoms with Crippen molar-refractivity contribution in [3.63, 3.8) is 0 Å². The third-order valence-electron chi connectivity index (χ3n) is 15.9. The first-order chi connectivity index (χ1) is 29.5. The molecule has 10 atom stereocenters. The van der Waals surface area contributed by atoms with Crippen molar-refractivity contribution in [2.45, 2.75) is 93.4 Å². The standard InChI is InChI=1S/C47H59F2N5O8/c1-9-44-14-10-16-54-18-15-45(38(44)54)32-21-33(36(59-6)22-35(32)52(5)39(45)47(58,42(57)61-8)40(44)62-26(2)55)46(41(56)60-7)23-27-19-28(43(3,48)49)25-53(24-27)17-13-30-31-20-29(50-4)11-12-34(31)51-37(30)46/h10-12,14,20-22,27-28,38-40,50-51,58H,9,13,15-19,23-25H2,1-8H3/t27?,28?,38?,39?,40-,44-,45?,46-,47+/m0/s1. The Bertz CT molecular complexity index is 2360. The van der Waals surface area contributed by atoms with Gasteiger partial charge in [0.15, 0.2) is 6.10 Å². The summed E-state index contributed by atoms with van der Waals surface area (Å²) in [6.07, 6.45) is 4.47. The number of rotatable bonds is 8. The zero-order chi connectivity index (χ0) is 44.3. The van der Waals surface area contributed by atoms with E-state index in [9.17, 15) is 14.7 Å². The van der Waals surface area contributed by atoms with Gasteiger partial charge in [-0.3, -0.25) is 14.5 Å². The molecule has 2 saturated heterocycles. The zero-order valence-electron chi connectivity index (χ0n) is 36.9. The van der Waals surface area contributed by atoms with Gasteiger partial charge in [-0.2, -0.15) is 0 Å². The molecule has 3 aromatic rings. The summed E-state index contributed by atoms with van der Waals surface area (Å²) in [6.45, 7) is 6.74. The first kappa shape index (κ1) is 42.6. The van der Waals surface area contributed by atoms with E-state index in [1.165, 1.54) is 21.1 Å². The minimum absolute atomic E-state index is 0.140. The molecule has 2 aromatic carbocycles. The van der Waals surface area contributed by atoms with Crippen LogP contribution < -0.4 is 15.0 Å². The van der Waals surface area contributed by atoms with Crippen molar-refractivity contribution in [3.8, 4) is 5.75 Å². The number of carbonyl (C=O) groups is 3. The quantitative estimate of drug-likeness (QED) is 0.156. The Morgan fingerprint density at radius 1 is 1.03 bits per heavy atom. The summed E-state index contributed by atoms with van der Waals surface area (Å²) in [6, 6.07) is 8.54. The Labute approximate surface area is 361 Å². The van der Waals surface area contributed by atoms with Crippen molar-refractivity contribution >= 4 is 40.2 Å². The fourth-order valence-corrected chi connectivity index (χ4v) is 13.6. The highest BCUT2D eigenvalue weighted by Gasteiger charge is 2.80. The average molecular weight is 860 g/mol. The Hall–Kier alpha value is -4.73. The molecule has 62 heavy (non-hydrogen) atoms. The molecule has 0 amide bonds. The number of fused-ring (bicyclic) bond motifs is 6. The lowest BCUT2D eigenvalue weighted by Crippen LogP contribution is -2.81. The van der Waals surface area contributed by atoms with Crippen molar-refractivity contribution in [3.05, 3.63) is 64.9 Å². The van der Waals surface area contributed by atoms with Gasteiger partial charge in [-0.05, 0) is 86.9 Å². The molecule has 1 aliphatic carbocycles. The number of anilines is 2. The van der Waals surface area contributed by atoms with E-state index in [0.717, 1.165) is 34.6 Å². The fraction of sp³-hybridized carbons (Fsp3) is 0.596. The number of ether oxygens (including phenoxy) is 4. The lowest BCUT2D eigenvalue weighted by Gasteiger charge is -2.63. The molecule has 334 valence electrons. The minimum Gasteiger partial charge on any atom is -0.496 e. The van der Waals surface area contributed by atoms with Gasteiger partial charge in [0.05, 0.1) is 27.4 Å². The summed E-state index contributed by atoms with van der Waals surface area (Å²) in [5.41, 5.74) is -0.779. The SMILES string of the molecule is CC[C@@]12C=CCN3CCC4(c5cc([C@@]6(C(=O)OC)CC7CC(C(C)(F)F)CN(CCc8c6[nH]c6ccc(NC)cc86)C7)c(OC)cc5N(C)C4[C@](O)(C(=O)OC)[C@H]1OC(C)=O)C32. The smallest absolute Gasteiger partial charge is 0.344 e. The van der Waals surface area contributed by atoms with Crippen LogP contribution in [0.15, 0.2) is 42.5 Å². The van der Waals surface area contributed by atoms with Gasteiger partial charge in [0.25, 0.3) is 0 Å². The number of esters is 3. The largest absolute Gasteiger partial charge is 0.496 e. The summed E-state index contributed by atoms with van der Waals surface area (Å²) < 4.78 is 54.7. The number of hydrogen-bond donors (Lipinski definition) is 3. The fourth-order valence-electron chi connectivity index (χ4n) is 13.6. The van der Waals surface area contributed by atoms with Gasteiger partial charge in [-0.1, -0.05) is 19.1 Å². The van der Waals surface area contributed by atoms with Crippen LogP contribution in [0.4, 0.5) is 20.2 Å². The lowest BCUT2D eigenvalue weighted by atomic mass is 9.47. The van der Waals surface area contributed by atoms with Crippen LogP contribution in [0.5, 0.6) is 5.75 Å². The van der Waals surface area contributed by atoms with Gasteiger partial charge >= 0.3 is 17.9 Å². The van der Waals surface area contributed by atoms with Gasteiger partial charge in [0.1, 0.15) is 11.2 Å². The van der Waals surface area contributed by atoms with Crippen molar-refractivity contribution < 1.29 is 47.2 Å². The number of aromatic amines is 1. The number of benzene rings is 2. The van der Waals surface area contributed by atoms with Crippen LogP contribution in [0, 0.1) is 17.3 Å². The number of hydrogen-bond acceptors (Lipinski definition) is 12. The van der Waals surface area contributed by atoms with E-state index in [-0.39, 0.29) is 31.3 Å². The number of nitrogens with one attached hydrogen (secondary N) is 2. The van der Waals surface area contributed by atoms with E-state index in [1.807, 2.05) is 62.3 Å². The number of alkyl halides is 2. The maximum Gasteiger partial charge on any atom is 0.344 e. The van der Waals surface area contributed by atoms with Crippen LogP contribution in [-0.4, -0.2) is 136 Å². The van der Waals surface area contributed by atoms with E-state index < -0.39 is 63.7 Å². The van der Waals surface area contributed by atoms with Crippen molar-refractivity contribution in [1.82, 2.24) is 14.8 Å². The number of piperidine rings is 1. The number of carbonyl (C=O) groups excluding carboxylic acids is 3. The van der Waals surface area contributed by atoms with E-state index in [1.54, 1.807) is 7.11 Å². The third-order valence-corrected chi connectivity index (χ3v) is 15.9. The maximum atomic E-state index is 15.4. The van der Waals surface area contributed by atoms with Crippen LogP contribution >= 0.6 is 0 Å². The van der Waals surface area contributed by atoms with Crippen molar-refractivity contribution in [1.29, 1.82) is 0 Å². The predicted molar refractivity (Wildman–Crippen MR) is 229 cm³/mol. The average Bonchev–Trinajstić information content (AvgIpc) is 3.91. The second-order valence-electron chi connectivity index (χ2n) is 18.8. The van der Waals surface area contributed by atoms with Crippen LogP contribution in [0.1, 0.15) is 68.8 Å². The second kappa shape index (κ2) is 14.7. The van der Waals surface area contributed by atoms with Gasteiger partial charge in [0, 0.05) is 110 Å². The second-order valence-corrected chi connectivity index (χ2v) is 18.8. The van der Waals surface area contributed by atoms with Gasteiger partial charge < -0.3 is 44.2 Å². The number of aliphatic hydroxyl groups is 1. The molecule has 9 rings (SSSR count). The monoisotopic (exact) mass is 859 g/mol. The molecule has 5 aliphatic heterocycles. The van der Waals surface area contributed by atoms with Crippen LogP contribution in [0.25, 0.3) is 10.9 Å². The lowest BCUT2D eigenvalue weighted by molar-refractivity contribution is -0.228. The number of nitrogens with zero attached hydrogens (tertiary/aromatic N) is 3. The summed E-state index contributed by atoms with van der Waals surface area (Å²) in [5, 5.41) is 17.5. The summed E-state index contributed by atoms with van der Waals surface area (Å²) in [7, 11) is 7.80. The highest BCUT2D eigenvalue weighted by Crippen LogP contribution is 2.68. The van der Waals surface area contributed by atoms with Crippen LogP contribution in [0.3, 0.4) is 0 Å². The van der Waals surface area contributed by atoms with Crippen LogP contribution in [0.2, 0.25) is 0 Å². The predicted octanol–water partition coefficient (Wildman–Crippen LogP) is 5.16. The Morgan fingerprint density at radius 2 is 1.79 bits per heavy atom. The molecule has 13 nitrogen and oxygen atoms in total. The first-order valence-corrected chi connectivity index (χ1v) is 21.9. The van der Waals surface area contributed by atoms with Crippen LogP contribution in [-0.2, 0) is 45.8 Å². The molecule has 1 saturated carbocycles. The molecule has 3 N–H and O–H groups in total. The normalized spacial score (nSPS) is 34.8. The summed E-state index contributed by atoms with van der Waals surface area (Å²) in [4.78, 5) is 52.9. The summed E-state index contributed by atoms with van der Waals surface area (Å²) >= 11 is 0. The molecule has 6 heterocycles. The Balaban J connectivity index is 1.36.